The van der Waals surface area contributed by atoms with Crippen molar-refractivity contribution in [3.63, 3.8) is 0 Å². The number of aromatic amines is 1. The molecule has 0 spiro atoms. The molecule has 0 aliphatic heterocycles. The minimum Gasteiger partial charge on any atom is -0.392 e. The Hall–Kier alpha value is -0.920. The van der Waals surface area contributed by atoms with E-state index in [1.165, 1.54) is 10.5 Å². The topological polar surface area (TPSA) is 86.3 Å². The van der Waals surface area contributed by atoms with E-state index in [9.17, 15) is 8.42 Å². The van der Waals surface area contributed by atoms with Crippen molar-refractivity contribution in [3.05, 3.63) is 11.8 Å². The summed E-state index contributed by atoms with van der Waals surface area (Å²) in [5.41, 5.74) is 0.325. The van der Waals surface area contributed by atoms with E-state index in [0.717, 1.165) is 25.7 Å². The van der Waals surface area contributed by atoms with Gasteiger partial charge in [-0.2, -0.15) is 9.40 Å². The summed E-state index contributed by atoms with van der Waals surface area (Å²) in [6.07, 6.45) is 5.33. The van der Waals surface area contributed by atoms with Crippen molar-refractivity contribution in [2.45, 2.75) is 50.3 Å². The molecule has 0 aromatic carbocycles. The largest absolute Gasteiger partial charge is 0.392 e. The highest BCUT2D eigenvalue weighted by Gasteiger charge is 2.34. The first-order valence-electron chi connectivity index (χ1n) is 6.26. The van der Waals surface area contributed by atoms with Crippen LogP contribution in [0, 0.1) is 0 Å². The minimum absolute atomic E-state index is 0.0266. The molecule has 1 aromatic heterocycles. The van der Waals surface area contributed by atoms with E-state index < -0.39 is 10.0 Å². The van der Waals surface area contributed by atoms with Crippen LogP contribution in [0.3, 0.4) is 0 Å². The zero-order chi connectivity index (χ0) is 13.2. The van der Waals surface area contributed by atoms with Crippen molar-refractivity contribution in [3.8, 4) is 0 Å². The van der Waals surface area contributed by atoms with Crippen molar-refractivity contribution in [1.82, 2.24) is 14.5 Å². The molecule has 1 aromatic rings. The van der Waals surface area contributed by atoms with Crippen LogP contribution in [-0.2, 0) is 16.6 Å². The van der Waals surface area contributed by atoms with Crippen molar-refractivity contribution in [1.29, 1.82) is 0 Å². The minimum atomic E-state index is -3.58. The summed E-state index contributed by atoms with van der Waals surface area (Å²) in [4.78, 5) is 0. The lowest BCUT2D eigenvalue weighted by molar-refractivity contribution is 0.277. The van der Waals surface area contributed by atoms with Gasteiger partial charge >= 0.3 is 0 Å². The number of hydrogen-bond acceptors (Lipinski definition) is 4. The summed E-state index contributed by atoms with van der Waals surface area (Å²) in [6.45, 7) is 1.95. The molecule has 102 valence electrons. The molecule has 1 fully saturated rings. The van der Waals surface area contributed by atoms with Crippen LogP contribution in [0.1, 0.15) is 38.2 Å². The Morgan fingerprint density at radius 3 is 2.72 bits per heavy atom. The number of hydrogen-bond donors (Lipinski definition) is 2. The molecular weight excluding hydrogens is 254 g/mol. The first-order valence-corrected chi connectivity index (χ1v) is 7.70. The predicted octanol–water partition coefficient (Wildman–Crippen LogP) is 0.855. The molecule has 18 heavy (non-hydrogen) atoms. The Labute approximate surface area is 107 Å². The van der Waals surface area contributed by atoms with E-state index in [2.05, 4.69) is 10.2 Å². The Balaban J connectivity index is 2.33. The molecule has 0 atom stereocenters. The van der Waals surface area contributed by atoms with Crippen molar-refractivity contribution in [2.75, 3.05) is 6.54 Å². The maximum Gasteiger partial charge on any atom is 0.260 e. The van der Waals surface area contributed by atoms with E-state index >= 15 is 0 Å². The highest BCUT2D eigenvalue weighted by molar-refractivity contribution is 7.89. The van der Waals surface area contributed by atoms with Gasteiger partial charge in [0.05, 0.1) is 12.8 Å². The van der Waals surface area contributed by atoms with Gasteiger partial charge in [0.15, 0.2) is 5.03 Å². The molecule has 0 saturated heterocycles. The summed E-state index contributed by atoms with van der Waals surface area (Å²) in [5, 5.41) is 15.4. The van der Waals surface area contributed by atoms with Crippen LogP contribution in [-0.4, -0.2) is 40.6 Å². The van der Waals surface area contributed by atoms with Crippen LogP contribution in [0.2, 0.25) is 0 Å². The molecule has 1 aliphatic rings. The van der Waals surface area contributed by atoms with E-state index in [1.54, 1.807) is 0 Å². The van der Waals surface area contributed by atoms with Crippen LogP contribution >= 0.6 is 0 Å². The van der Waals surface area contributed by atoms with Crippen LogP contribution in [0.15, 0.2) is 11.2 Å². The van der Waals surface area contributed by atoms with Gasteiger partial charge in [0.1, 0.15) is 0 Å². The third-order valence-corrected chi connectivity index (χ3v) is 5.50. The standard InChI is InChI=1S/C11H19N3O3S/c1-2-14(10-5-3-4-6-10)18(16,17)11-9(8-15)7-12-13-11/h7,10,15H,2-6,8H2,1H3,(H,12,13). The number of aliphatic hydroxyl groups excluding tert-OH is 1. The normalized spacial score (nSPS) is 17.7. The van der Waals surface area contributed by atoms with Crippen molar-refractivity contribution >= 4 is 10.0 Å². The van der Waals surface area contributed by atoms with Gasteiger partial charge in [-0.3, -0.25) is 5.10 Å². The highest BCUT2D eigenvalue weighted by Crippen LogP contribution is 2.28. The summed E-state index contributed by atoms with van der Waals surface area (Å²) in [5.74, 6) is 0. The van der Waals surface area contributed by atoms with E-state index in [1.807, 2.05) is 6.92 Å². The lowest BCUT2D eigenvalue weighted by Crippen LogP contribution is -2.39. The molecule has 6 nitrogen and oxygen atoms in total. The fourth-order valence-electron chi connectivity index (χ4n) is 2.57. The molecule has 0 unspecified atom stereocenters. The first-order chi connectivity index (χ1) is 8.61. The summed E-state index contributed by atoms with van der Waals surface area (Å²) in [6, 6.07) is 0.0786. The van der Waals surface area contributed by atoms with Crippen LogP contribution in [0.25, 0.3) is 0 Å². The summed E-state index contributed by atoms with van der Waals surface area (Å²) < 4.78 is 26.6. The number of aromatic nitrogens is 2. The zero-order valence-corrected chi connectivity index (χ0v) is 11.3. The van der Waals surface area contributed by atoms with Crippen molar-refractivity contribution in [2.24, 2.45) is 0 Å². The van der Waals surface area contributed by atoms with Gasteiger partial charge in [0.25, 0.3) is 10.0 Å². The van der Waals surface area contributed by atoms with Gasteiger partial charge in [-0.15, -0.1) is 0 Å². The van der Waals surface area contributed by atoms with Gasteiger partial charge in [0, 0.05) is 18.2 Å². The number of sulfonamides is 1. The number of nitrogens with zero attached hydrogens (tertiary/aromatic N) is 2. The first kappa shape index (κ1) is 13.5. The highest BCUT2D eigenvalue weighted by atomic mass is 32.2. The number of aliphatic hydroxyl groups is 1. The Morgan fingerprint density at radius 1 is 1.50 bits per heavy atom. The fraction of sp³-hybridized carbons (Fsp3) is 0.727. The second-order valence-electron chi connectivity index (χ2n) is 4.53. The zero-order valence-electron chi connectivity index (χ0n) is 10.5. The third kappa shape index (κ3) is 2.30. The van der Waals surface area contributed by atoms with Crippen LogP contribution < -0.4 is 0 Å². The molecule has 0 bridgehead atoms. The fourth-order valence-corrected chi connectivity index (χ4v) is 4.36. The molecule has 2 N–H and O–H groups in total. The number of H-pyrrole nitrogens is 1. The summed E-state index contributed by atoms with van der Waals surface area (Å²) in [7, 11) is -3.58. The maximum atomic E-state index is 12.5. The maximum absolute atomic E-state index is 12.5. The molecule has 1 heterocycles. The molecule has 1 aliphatic carbocycles. The predicted molar refractivity (Wildman–Crippen MR) is 66.3 cm³/mol. The number of nitrogens with one attached hydrogen (secondary N) is 1. The average Bonchev–Trinajstić information content (AvgIpc) is 3.00. The van der Waals surface area contributed by atoms with Gasteiger partial charge in [-0.25, -0.2) is 8.42 Å². The molecule has 7 heteroatoms. The van der Waals surface area contributed by atoms with Gasteiger partial charge < -0.3 is 5.11 Å². The Bertz CT molecular complexity index is 491. The third-order valence-electron chi connectivity index (χ3n) is 3.46. The quantitative estimate of drug-likeness (QED) is 0.833. The van der Waals surface area contributed by atoms with E-state index in [0.29, 0.717) is 12.1 Å². The lowest BCUT2D eigenvalue weighted by atomic mass is 10.2. The Kier molecular flexibility index (Phi) is 4.04. The van der Waals surface area contributed by atoms with Gasteiger partial charge in [0.2, 0.25) is 0 Å². The van der Waals surface area contributed by atoms with Gasteiger partial charge in [-0.05, 0) is 12.8 Å². The average molecular weight is 273 g/mol. The van der Waals surface area contributed by atoms with E-state index in [-0.39, 0.29) is 17.7 Å². The summed E-state index contributed by atoms with van der Waals surface area (Å²) >= 11 is 0. The second kappa shape index (κ2) is 5.38. The number of rotatable bonds is 5. The van der Waals surface area contributed by atoms with Crippen LogP contribution in [0.5, 0.6) is 0 Å². The van der Waals surface area contributed by atoms with Crippen molar-refractivity contribution < 1.29 is 13.5 Å². The van der Waals surface area contributed by atoms with E-state index in [4.69, 9.17) is 5.11 Å². The molecule has 1 saturated carbocycles. The molecule has 0 radical (unpaired) electrons. The van der Waals surface area contributed by atoms with Gasteiger partial charge in [-0.1, -0.05) is 19.8 Å². The molecular formula is C11H19N3O3S. The molecule has 2 rings (SSSR count). The lowest BCUT2D eigenvalue weighted by Gasteiger charge is -2.26. The SMILES string of the molecule is CCN(C1CCCC1)S(=O)(=O)c1[nH]ncc1CO. The van der Waals surface area contributed by atoms with Crippen LogP contribution in [0.4, 0.5) is 0 Å². The Morgan fingerprint density at radius 2 is 2.17 bits per heavy atom. The second-order valence-corrected chi connectivity index (χ2v) is 6.36. The molecule has 0 amide bonds. The smallest absolute Gasteiger partial charge is 0.260 e. The monoisotopic (exact) mass is 273 g/mol.